The van der Waals surface area contributed by atoms with E-state index >= 15 is 0 Å². The highest BCUT2D eigenvalue weighted by Crippen LogP contribution is 2.31. The topological polar surface area (TPSA) is 29.5 Å². The maximum atomic E-state index is 11.9. The first kappa shape index (κ1) is 10.7. The van der Waals surface area contributed by atoms with Gasteiger partial charge in [-0.3, -0.25) is 4.79 Å². The maximum Gasteiger partial charge on any atom is 0.231 e. The quantitative estimate of drug-likeness (QED) is 0.712. The van der Waals surface area contributed by atoms with Crippen molar-refractivity contribution in [3.63, 3.8) is 0 Å². The summed E-state index contributed by atoms with van der Waals surface area (Å²) < 4.78 is 5.26. The Morgan fingerprint density at radius 1 is 1.38 bits per heavy atom. The molecule has 0 aliphatic carbocycles. The zero-order valence-electron chi connectivity index (χ0n) is 9.40. The maximum absolute atomic E-state index is 11.9. The molecule has 2 rings (SSSR count). The summed E-state index contributed by atoms with van der Waals surface area (Å²) in [5.41, 5.74) is 1.86. The van der Waals surface area contributed by atoms with Gasteiger partial charge in [0.25, 0.3) is 0 Å². The molecule has 0 aromatic heterocycles. The number of nitrogens with zero attached hydrogens (tertiary/aromatic N) is 1. The summed E-state index contributed by atoms with van der Waals surface area (Å²) in [5.74, 6) is 0.837. The van der Waals surface area contributed by atoms with E-state index in [0.717, 1.165) is 23.4 Å². The van der Waals surface area contributed by atoms with E-state index in [4.69, 9.17) is 4.74 Å². The van der Waals surface area contributed by atoms with Crippen LogP contribution in [0.25, 0.3) is 0 Å². The molecule has 1 heterocycles. The summed E-state index contributed by atoms with van der Waals surface area (Å²) in [5, 5.41) is 0. The summed E-state index contributed by atoms with van der Waals surface area (Å²) in [7, 11) is 1.62. The van der Waals surface area contributed by atoms with Gasteiger partial charge in [-0.05, 0) is 18.6 Å². The SMILES string of the molecule is C=C1CCN(c2ccccc2OC)C(=O)C1. The van der Waals surface area contributed by atoms with E-state index in [1.165, 1.54) is 0 Å². The van der Waals surface area contributed by atoms with Gasteiger partial charge in [0.15, 0.2) is 0 Å². The number of amides is 1. The molecule has 1 fully saturated rings. The van der Waals surface area contributed by atoms with Crippen molar-refractivity contribution in [2.24, 2.45) is 0 Å². The number of benzene rings is 1. The van der Waals surface area contributed by atoms with Crippen LogP contribution in [0.15, 0.2) is 36.4 Å². The van der Waals surface area contributed by atoms with Crippen LogP contribution in [-0.2, 0) is 4.79 Å². The van der Waals surface area contributed by atoms with Crippen molar-refractivity contribution in [1.82, 2.24) is 0 Å². The van der Waals surface area contributed by atoms with Crippen LogP contribution in [0.3, 0.4) is 0 Å². The van der Waals surface area contributed by atoms with Crippen LogP contribution < -0.4 is 9.64 Å². The Balaban J connectivity index is 2.30. The van der Waals surface area contributed by atoms with Crippen LogP contribution in [0.5, 0.6) is 5.75 Å². The third kappa shape index (κ3) is 1.94. The molecule has 16 heavy (non-hydrogen) atoms. The minimum Gasteiger partial charge on any atom is -0.495 e. The normalized spacial score (nSPS) is 16.4. The van der Waals surface area contributed by atoms with E-state index in [9.17, 15) is 4.79 Å². The molecular formula is C13H15NO2. The molecular weight excluding hydrogens is 202 g/mol. The fourth-order valence-corrected chi connectivity index (χ4v) is 1.90. The fourth-order valence-electron chi connectivity index (χ4n) is 1.90. The molecule has 0 N–H and O–H groups in total. The third-order valence-corrected chi connectivity index (χ3v) is 2.77. The first-order valence-electron chi connectivity index (χ1n) is 5.32. The van der Waals surface area contributed by atoms with Crippen LogP contribution in [0.4, 0.5) is 5.69 Å². The molecule has 0 atom stereocenters. The van der Waals surface area contributed by atoms with Gasteiger partial charge < -0.3 is 9.64 Å². The summed E-state index contributed by atoms with van der Waals surface area (Å²) >= 11 is 0. The van der Waals surface area contributed by atoms with E-state index < -0.39 is 0 Å². The predicted octanol–water partition coefficient (Wildman–Crippen LogP) is 2.38. The van der Waals surface area contributed by atoms with Gasteiger partial charge in [0.05, 0.1) is 12.8 Å². The molecule has 3 heteroatoms. The van der Waals surface area contributed by atoms with Gasteiger partial charge in [0, 0.05) is 13.0 Å². The molecule has 3 nitrogen and oxygen atoms in total. The smallest absolute Gasteiger partial charge is 0.231 e. The molecule has 0 unspecified atom stereocenters. The van der Waals surface area contributed by atoms with Crippen molar-refractivity contribution >= 4 is 11.6 Å². The molecule has 0 radical (unpaired) electrons. The number of carbonyl (C=O) groups excluding carboxylic acids is 1. The minimum atomic E-state index is 0.0979. The fraction of sp³-hybridized carbons (Fsp3) is 0.308. The van der Waals surface area contributed by atoms with Gasteiger partial charge in [0.1, 0.15) is 5.75 Å². The molecule has 0 bridgehead atoms. The second kappa shape index (κ2) is 4.39. The standard InChI is InChI=1S/C13H15NO2/c1-10-7-8-14(13(15)9-10)11-5-3-4-6-12(11)16-2/h3-6H,1,7-9H2,2H3. The number of rotatable bonds is 2. The largest absolute Gasteiger partial charge is 0.495 e. The molecule has 1 aliphatic heterocycles. The Labute approximate surface area is 95.3 Å². The van der Waals surface area contributed by atoms with Gasteiger partial charge >= 0.3 is 0 Å². The van der Waals surface area contributed by atoms with E-state index in [2.05, 4.69) is 6.58 Å². The number of hydrogen-bond donors (Lipinski definition) is 0. The number of methoxy groups -OCH3 is 1. The van der Waals surface area contributed by atoms with Crippen molar-refractivity contribution < 1.29 is 9.53 Å². The van der Waals surface area contributed by atoms with Gasteiger partial charge in [-0.15, -0.1) is 0 Å². The summed E-state index contributed by atoms with van der Waals surface area (Å²) in [6.45, 7) is 4.55. The van der Waals surface area contributed by atoms with Crippen molar-refractivity contribution in [1.29, 1.82) is 0 Å². The Kier molecular flexibility index (Phi) is 2.95. The highest BCUT2D eigenvalue weighted by Gasteiger charge is 2.23. The minimum absolute atomic E-state index is 0.0979. The number of para-hydroxylation sites is 2. The molecule has 1 amide bonds. The number of piperidine rings is 1. The second-order valence-corrected chi connectivity index (χ2v) is 3.89. The zero-order valence-corrected chi connectivity index (χ0v) is 9.40. The van der Waals surface area contributed by atoms with Crippen LogP contribution in [0, 0.1) is 0 Å². The molecule has 84 valence electrons. The van der Waals surface area contributed by atoms with E-state index in [-0.39, 0.29) is 5.91 Å². The van der Waals surface area contributed by atoms with Gasteiger partial charge in [-0.2, -0.15) is 0 Å². The molecule has 0 spiro atoms. The first-order valence-corrected chi connectivity index (χ1v) is 5.32. The second-order valence-electron chi connectivity index (χ2n) is 3.89. The van der Waals surface area contributed by atoms with Crippen molar-refractivity contribution in [3.8, 4) is 5.75 Å². The highest BCUT2D eigenvalue weighted by molar-refractivity contribution is 5.97. The Morgan fingerprint density at radius 3 is 2.81 bits per heavy atom. The highest BCUT2D eigenvalue weighted by atomic mass is 16.5. The van der Waals surface area contributed by atoms with E-state index in [1.54, 1.807) is 12.0 Å². The van der Waals surface area contributed by atoms with Gasteiger partial charge in [0.2, 0.25) is 5.91 Å². The average Bonchev–Trinajstić information content (AvgIpc) is 2.29. The lowest BCUT2D eigenvalue weighted by molar-refractivity contribution is -0.118. The monoisotopic (exact) mass is 217 g/mol. The Hall–Kier alpha value is -1.77. The molecule has 1 saturated heterocycles. The number of ether oxygens (including phenoxy) is 1. The van der Waals surface area contributed by atoms with E-state index in [0.29, 0.717) is 13.0 Å². The zero-order chi connectivity index (χ0) is 11.5. The van der Waals surface area contributed by atoms with E-state index in [1.807, 2.05) is 24.3 Å². The summed E-state index contributed by atoms with van der Waals surface area (Å²) in [4.78, 5) is 13.7. The average molecular weight is 217 g/mol. The lowest BCUT2D eigenvalue weighted by atomic mass is 10.0. The van der Waals surface area contributed by atoms with Gasteiger partial charge in [-0.25, -0.2) is 0 Å². The van der Waals surface area contributed by atoms with Crippen LogP contribution in [0.1, 0.15) is 12.8 Å². The van der Waals surface area contributed by atoms with Crippen LogP contribution in [0.2, 0.25) is 0 Å². The van der Waals surface area contributed by atoms with Crippen molar-refractivity contribution in [2.75, 3.05) is 18.6 Å². The lowest BCUT2D eigenvalue weighted by Crippen LogP contribution is -2.36. The summed E-state index contributed by atoms with van der Waals surface area (Å²) in [6, 6.07) is 7.58. The molecule has 0 saturated carbocycles. The van der Waals surface area contributed by atoms with Crippen molar-refractivity contribution in [3.05, 3.63) is 36.4 Å². The Bertz CT molecular complexity index is 426. The van der Waals surface area contributed by atoms with Crippen LogP contribution in [-0.4, -0.2) is 19.6 Å². The third-order valence-electron chi connectivity index (χ3n) is 2.77. The van der Waals surface area contributed by atoms with Crippen LogP contribution >= 0.6 is 0 Å². The molecule has 1 aliphatic rings. The van der Waals surface area contributed by atoms with Gasteiger partial charge in [-0.1, -0.05) is 24.3 Å². The predicted molar refractivity (Wildman–Crippen MR) is 63.7 cm³/mol. The summed E-state index contributed by atoms with van der Waals surface area (Å²) in [6.07, 6.45) is 1.31. The Morgan fingerprint density at radius 2 is 2.12 bits per heavy atom. The first-order chi connectivity index (χ1) is 7.72. The lowest BCUT2D eigenvalue weighted by Gasteiger charge is -2.29. The number of carbonyl (C=O) groups is 1. The molecule has 1 aromatic rings. The number of anilines is 1. The van der Waals surface area contributed by atoms with Crippen molar-refractivity contribution in [2.45, 2.75) is 12.8 Å². The number of hydrogen-bond acceptors (Lipinski definition) is 2. The molecule has 1 aromatic carbocycles.